The molecule has 0 saturated carbocycles. The Morgan fingerprint density at radius 1 is 1.18 bits per heavy atom. The zero-order chi connectivity index (χ0) is 19.7. The third kappa shape index (κ3) is 3.76. The van der Waals surface area contributed by atoms with Crippen molar-refractivity contribution in [3.05, 3.63) is 76.7 Å². The van der Waals surface area contributed by atoms with Crippen molar-refractivity contribution < 1.29 is 13.9 Å². The average molecular weight is 378 g/mol. The van der Waals surface area contributed by atoms with Crippen LogP contribution in [0.2, 0.25) is 0 Å². The van der Waals surface area contributed by atoms with Crippen LogP contribution in [0.15, 0.2) is 48.5 Å². The number of halogens is 1. The van der Waals surface area contributed by atoms with Gasteiger partial charge in [0, 0.05) is 17.7 Å². The van der Waals surface area contributed by atoms with Gasteiger partial charge in [-0.15, -0.1) is 0 Å². The van der Waals surface area contributed by atoms with Gasteiger partial charge in [-0.3, -0.25) is 9.78 Å². The van der Waals surface area contributed by atoms with E-state index in [1.165, 1.54) is 12.1 Å². The van der Waals surface area contributed by atoms with Gasteiger partial charge < -0.3 is 10.1 Å². The molecule has 1 saturated heterocycles. The lowest BCUT2D eigenvalue weighted by Crippen LogP contribution is -2.36. The Bertz CT molecular complexity index is 1010. The van der Waals surface area contributed by atoms with Crippen LogP contribution < -0.4 is 5.32 Å². The van der Waals surface area contributed by atoms with E-state index in [2.05, 4.69) is 10.3 Å². The predicted octanol–water partition coefficient (Wildman–Crippen LogP) is 4.64. The molecule has 4 nitrogen and oxygen atoms in total. The maximum atomic E-state index is 13.4. The number of benzene rings is 2. The van der Waals surface area contributed by atoms with Gasteiger partial charge in [0.2, 0.25) is 0 Å². The van der Waals surface area contributed by atoms with E-state index < -0.39 is 0 Å². The minimum Gasteiger partial charge on any atom is -0.376 e. The fraction of sp³-hybridized carbons (Fsp3) is 0.304. The van der Waals surface area contributed by atoms with Crippen molar-refractivity contribution in [2.75, 3.05) is 6.61 Å². The molecule has 2 atom stereocenters. The standard InChI is InChI=1S/C23H23FN2O2/c1-14-5-10-20-18(12-14)19(13-15(2)25-20)23(27)26-22(21-4-3-11-28-21)16-6-8-17(24)9-7-16/h5-10,12-13,21-22H,3-4,11H2,1-2H3,(H,26,27)/t21-,22-/m1/s1. The van der Waals surface area contributed by atoms with Gasteiger partial charge in [0.15, 0.2) is 0 Å². The molecule has 3 aromatic rings. The molecule has 1 fully saturated rings. The zero-order valence-electron chi connectivity index (χ0n) is 16.0. The Balaban J connectivity index is 1.71. The lowest BCUT2D eigenvalue weighted by molar-refractivity contribution is 0.0673. The second kappa shape index (κ2) is 7.68. The Morgan fingerprint density at radius 3 is 2.68 bits per heavy atom. The molecule has 1 aliphatic rings. The van der Waals surface area contributed by atoms with E-state index in [1.807, 2.05) is 38.1 Å². The maximum Gasteiger partial charge on any atom is 0.252 e. The molecule has 5 heteroatoms. The van der Waals surface area contributed by atoms with Gasteiger partial charge in [-0.05, 0) is 62.6 Å². The van der Waals surface area contributed by atoms with Crippen molar-refractivity contribution in [2.45, 2.75) is 38.8 Å². The number of aromatic nitrogens is 1. The number of nitrogens with zero attached hydrogens (tertiary/aromatic N) is 1. The number of carbonyl (C=O) groups is 1. The first-order valence-corrected chi connectivity index (χ1v) is 9.57. The van der Waals surface area contributed by atoms with Crippen molar-refractivity contribution in [2.24, 2.45) is 0 Å². The van der Waals surface area contributed by atoms with Crippen LogP contribution in [0.5, 0.6) is 0 Å². The molecule has 1 amide bonds. The van der Waals surface area contributed by atoms with Crippen LogP contribution in [0, 0.1) is 19.7 Å². The van der Waals surface area contributed by atoms with E-state index in [9.17, 15) is 9.18 Å². The van der Waals surface area contributed by atoms with Gasteiger partial charge in [-0.2, -0.15) is 0 Å². The fourth-order valence-corrected chi connectivity index (χ4v) is 3.81. The summed E-state index contributed by atoms with van der Waals surface area (Å²) in [4.78, 5) is 17.8. The Morgan fingerprint density at radius 2 is 1.96 bits per heavy atom. The van der Waals surface area contributed by atoms with Gasteiger partial charge in [0.05, 0.1) is 23.2 Å². The molecule has 2 aromatic carbocycles. The number of ether oxygens (including phenoxy) is 1. The average Bonchev–Trinajstić information content (AvgIpc) is 3.21. The number of hydrogen-bond acceptors (Lipinski definition) is 3. The highest BCUT2D eigenvalue weighted by Crippen LogP contribution is 2.28. The summed E-state index contributed by atoms with van der Waals surface area (Å²) in [6.45, 7) is 4.55. The van der Waals surface area contributed by atoms with Crippen molar-refractivity contribution in [1.29, 1.82) is 0 Å². The lowest BCUT2D eigenvalue weighted by atomic mass is 9.98. The van der Waals surface area contributed by atoms with E-state index in [1.54, 1.807) is 12.1 Å². The van der Waals surface area contributed by atoms with Crippen LogP contribution in [0.3, 0.4) is 0 Å². The Kier molecular flexibility index (Phi) is 5.09. The largest absolute Gasteiger partial charge is 0.376 e. The molecule has 1 aromatic heterocycles. The third-order valence-electron chi connectivity index (χ3n) is 5.19. The number of fused-ring (bicyclic) bond motifs is 1. The summed E-state index contributed by atoms with van der Waals surface area (Å²) in [5, 5.41) is 3.96. The molecule has 144 valence electrons. The van der Waals surface area contributed by atoms with Gasteiger partial charge in [-0.25, -0.2) is 4.39 Å². The van der Waals surface area contributed by atoms with Gasteiger partial charge in [0.1, 0.15) is 5.82 Å². The van der Waals surface area contributed by atoms with E-state index in [-0.39, 0.29) is 23.9 Å². The Hall–Kier alpha value is -2.79. The zero-order valence-corrected chi connectivity index (χ0v) is 16.0. The predicted molar refractivity (Wildman–Crippen MR) is 107 cm³/mol. The summed E-state index contributed by atoms with van der Waals surface area (Å²) in [6.07, 6.45) is 1.69. The third-order valence-corrected chi connectivity index (χ3v) is 5.19. The first-order chi connectivity index (χ1) is 13.5. The SMILES string of the molecule is Cc1ccc2nc(C)cc(C(=O)N[C@H](c3ccc(F)cc3)[C@H]3CCCO3)c2c1. The molecule has 4 rings (SSSR count). The van der Waals surface area contributed by atoms with E-state index in [4.69, 9.17) is 4.74 Å². The van der Waals surface area contributed by atoms with Crippen molar-refractivity contribution in [1.82, 2.24) is 10.3 Å². The first kappa shape index (κ1) is 18.6. The second-order valence-electron chi connectivity index (χ2n) is 7.39. The minimum atomic E-state index is -0.330. The second-order valence-corrected chi connectivity index (χ2v) is 7.39. The molecule has 0 spiro atoms. The smallest absolute Gasteiger partial charge is 0.252 e. The topological polar surface area (TPSA) is 51.2 Å². The summed E-state index contributed by atoms with van der Waals surface area (Å²) in [7, 11) is 0. The number of hydrogen-bond donors (Lipinski definition) is 1. The lowest BCUT2D eigenvalue weighted by Gasteiger charge is -2.25. The summed E-state index contributed by atoms with van der Waals surface area (Å²) in [6, 6.07) is 13.6. The van der Waals surface area contributed by atoms with Gasteiger partial charge in [0.25, 0.3) is 5.91 Å². The van der Waals surface area contributed by atoms with Crippen LogP contribution >= 0.6 is 0 Å². The van der Waals surface area contributed by atoms with Crippen molar-refractivity contribution >= 4 is 16.8 Å². The van der Waals surface area contributed by atoms with Crippen molar-refractivity contribution in [3.63, 3.8) is 0 Å². The number of pyridine rings is 1. The van der Waals surface area contributed by atoms with Crippen LogP contribution in [0.4, 0.5) is 4.39 Å². The number of nitrogens with one attached hydrogen (secondary N) is 1. The van der Waals surface area contributed by atoms with E-state index >= 15 is 0 Å². The highest BCUT2D eigenvalue weighted by Gasteiger charge is 2.29. The molecular formula is C23H23FN2O2. The normalized spacial score (nSPS) is 17.6. The highest BCUT2D eigenvalue weighted by molar-refractivity contribution is 6.06. The maximum absolute atomic E-state index is 13.4. The van der Waals surface area contributed by atoms with Gasteiger partial charge >= 0.3 is 0 Å². The molecule has 2 heterocycles. The molecule has 1 N–H and O–H groups in total. The number of rotatable bonds is 4. The number of aryl methyl sites for hydroxylation is 2. The summed E-state index contributed by atoms with van der Waals surface area (Å²) < 4.78 is 19.2. The van der Waals surface area contributed by atoms with E-state index in [0.29, 0.717) is 12.2 Å². The first-order valence-electron chi connectivity index (χ1n) is 9.57. The molecule has 0 unspecified atom stereocenters. The van der Waals surface area contributed by atoms with Crippen LogP contribution in [-0.4, -0.2) is 23.6 Å². The van der Waals surface area contributed by atoms with Crippen LogP contribution in [-0.2, 0) is 4.74 Å². The highest BCUT2D eigenvalue weighted by atomic mass is 19.1. The summed E-state index contributed by atoms with van der Waals surface area (Å²) in [5.74, 6) is -0.474. The molecule has 0 aliphatic carbocycles. The summed E-state index contributed by atoms with van der Waals surface area (Å²) >= 11 is 0. The van der Waals surface area contributed by atoms with Crippen LogP contribution in [0.25, 0.3) is 10.9 Å². The Labute approximate surface area is 163 Å². The van der Waals surface area contributed by atoms with Crippen LogP contribution in [0.1, 0.15) is 46.1 Å². The summed E-state index contributed by atoms with van der Waals surface area (Å²) in [5.41, 5.74) is 4.09. The van der Waals surface area contributed by atoms with Gasteiger partial charge in [-0.1, -0.05) is 23.8 Å². The minimum absolute atomic E-state index is 0.120. The molecule has 0 radical (unpaired) electrons. The molecule has 1 aliphatic heterocycles. The molecule has 28 heavy (non-hydrogen) atoms. The van der Waals surface area contributed by atoms with E-state index in [0.717, 1.165) is 40.6 Å². The number of amides is 1. The fourth-order valence-electron chi connectivity index (χ4n) is 3.81. The quantitative estimate of drug-likeness (QED) is 0.719. The number of carbonyl (C=O) groups excluding carboxylic acids is 1. The monoisotopic (exact) mass is 378 g/mol. The molecular weight excluding hydrogens is 355 g/mol. The molecule has 0 bridgehead atoms. The van der Waals surface area contributed by atoms with Crippen molar-refractivity contribution in [3.8, 4) is 0 Å².